The molecule has 0 N–H and O–H groups in total. The maximum atomic E-state index is 12.8. The molecule has 13 aromatic carbocycles. The van der Waals surface area contributed by atoms with Gasteiger partial charge >= 0.3 is 0 Å². The number of nitrogens with zero attached hydrogens (tertiary/aromatic N) is 6. The average Bonchev–Trinajstić information content (AvgIpc) is 1.56. The number of para-hydroxylation sites is 4. The molecule has 6 nitrogen and oxygen atoms in total. The Morgan fingerprint density at radius 2 is 0.407 bits per heavy atom. The van der Waals surface area contributed by atoms with Crippen LogP contribution in [-0.2, 0) is 0 Å². The number of hydrogen-bond donors (Lipinski definition) is 0. The number of hydrogen-bond acceptors (Lipinski definition) is 2. The zero-order valence-electron chi connectivity index (χ0n) is 46.4. The summed E-state index contributed by atoms with van der Waals surface area (Å²) in [6.07, 6.45) is 0. The highest BCUT2D eigenvalue weighted by atomic mass is 15.1. The Bertz CT molecular complexity index is 5410. The van der Waals surface area contributed by atoms with E-state index in [1.54, 1.807) is 0 Å². The highest BCUT2D eigenvalue weighted by Gasteiger charge is 2.35. The summed E-state index contributed by atoms with van der Waals surface area (Å²) in [4.78, 5) is 0. The summed E-state index contributed by atoms with van der Waals surface area (Å²) in [6, 6.07) is 109. The molecule has 0 radical (unpaired) electrons. The Balaban J connectivity index is 1.15. The second kappa shape index (κ2) is 19.3. The van der Waals surface area contributed by atoms with E-state index in [0.717, 1.165) is 132 Å². The number of rotatable bonds is 8. The van der Waals surface area contributed by atoms with Gasteiger partial charge in [0.25, 0.3) is 0 Å². The fraction of sp³-hybridized carbons (Fsp3) is 0. The molecule has 0 aliphatic carbocycles. The lowest BCUT2D eigenvalue weighted by Crippen LogP contribution is -2.17. The van der Waals surface area contributed by atoms with E-state index in [-0.39, 0.29) is 0 Å². The Morgan fingerprint density at radius 3 is 0.674 bits per heavy atom. The lowest BCUT2D eigenvalue weighted by atomic mass is 9.98. The van der Waals surface area contributed by atoms with Crippen molar-refractivity contribution in [2.75, 3.05) is 0 Å². The van der Waals surface area contributed by atoms with Gasteiger partial charge in [-0.1, -0.05) is 218 Å². The highest BCUT2D eigenvalue weighted by Crippen LogP contribution is 2.50. The second-order valence-corrected chi connectivity index (χ2v) is 22.2. The molecule has 0 spiro atoms. The lowest BCUT2D eigenvalue weighted by molar-refractivity contribution is 1.02. The standard InChI is InChI=1S/C80H48N6/c81-49-67-77(83-69-33-17-13-29-59(69)60-30-14-18-34-70(60)83)68(50-82)79(85-73-41-37-55(51-21-5-1-6-22-51)45-63(73)64-46-56(38-42-74(64)85)52-23-7-2-8-24-52)80(78(67)84-71-35-19-15-31-61(71)62-32-16-20-36-72(62)84)86-75-43-39-57(53-25-9-3-10-26-53)47-65(75)66-48-58(40-44-76(66)86)54-27-11-4-12-28-54/h1-48H. The minimum atomic E-state index is 0.349. The summed E-state index contributed by atoms with van der Waals surface area (Å²) < 4.78 is 9.20. The minimum Gasteiger partial charge on any atom is -0.306 e. The molecular formula is C80H48N6. The first kappa shape index (κ1) is 48.7. The van der Waals surface area contributed by atoms with E-state index in [9.17, 15) is 10.5 Å². The molecule has 0 unspecified atom stereocenters. The van der Waals surface area contributed by atoms with E-state index in [1.165, 1.54) is 0 Å². The topological polar surface area (TPSA) is 67.3 Å². The molecule has 0 atom stereocenters. The van der Waals surface area contributed by atoms with Gasteiger partial charge in [-0.15, -0.1) is 0 Å². The summed E-state index contributed by atoms with van der Waals surface area (Å²) in [6.45, 7) is 0. The van der Waals surface area contributed by atoms with E-state index in [4.69, 9.17) is 0 Å². The van der Waals surface area contributed by atoms with Crippen molar-refractivity contribution in [3.63, 3.8) is 0 Å². The molecule has 0 bridgehead atoms. The number of fused-ring (bicyclic) bond motifs is 12. The monoisotopic (exact) mass is 1090 g/mol. The van der Waals surface area contributed by atoms with Crippen LogP contribution in [0.3, 0.4) is 0 Å². The van der Waals surface area contributed by atoms with Gasteiger partial charge in [-0.25, -0.2) is 0 Å². The van der Waals surface area contributed by atoms with Gasteiger partial charge in [0.1, 0.15) is 23.3 Å². The molecule has 86 heavy (non-hydrogen) atoms. The van der Waals surface area contributed by atoms with Crippen LogP contribution >= 0.6 is 0 Å². The molecule has 0 saturated heterocycles. The first-order valence-electron chi connectivity index (χ1n) is 29.0. The third-order valence-electron chi connectivity index (χ3n) is 17.6. The normalized spacial score (nSPS) is 11.7. The molecule has 4 aromatic heterocycles. The van der Waals surface area contributed by atoms with Gasteiger partial charge in [-0.3, -0.25) is 0 Å². The quantitative estimate of drug-likeness (QED) is 0.152. The van der Waals surface area contributed by atoms with Crippen LogP contribution in [0.4, 0.5) is 0 Å². The summed E-state index contributed by atoms with van der Waals surface area (Å²) in [5.41, 5.74) is 19.2. The van der Waals surface area contributed by atoms with Crippen molar-refractivity contribution in [2.45, 2.75) is 0 Å². The van der Waals surface area contributed by atoms with Crippen molar-refractivity contribution in [2.24, 2.45) is 0 Å². The fourth-order valence-corrected chi connectivity index (χ4v) is 13.9. The third-order valence-corrected chi connectivity index (χ3v) is 17.6. The van der Waals surface area contributed by atoms with Gasteiger partial charge in [-0.2, -0.15) is 10.5 Å². The number of aromatic nitrogens is 4. The molecule has 17 rings (SSSR count). The van der Waals surface area contributed by atoms with Gasteiger partial charge < -0.3 is 18.3 Å². The second-order valence-electron chi connectivity index (χ2n) is 22.2. The zero-order valence-corrected chi connectivity index (χ0v) is 46.4. The van der Waals surface area contributed by atoms with Crippen molar-refractivity contribution in [1.82, 2.24) is 18.3 Å². The SMILES string of the molecule is N#Cc1c(-n2c3ccccc3c3ccccc32)c(C#N)c(-n2c3ccc(-c4ccccc4)cc3c3cc(-c4ccccc4)ccc32)c(-n2c3ccc(-c4ccccc4)cc3c3cc(-c4ccccc4)ccc32)c1-n1c2ccccc2c2ccccc21. The van der Waals surface area contributed by atoms with Crippen molar-refractivity contribution >= 4 is 87.2 Å². The van der Waals surface area contributed by atoms with Gasteiger partial charge in [0, 0.05) is 43.1 Å². The van der Waals surface area contributed by atoms with Gasteiger partial charge in [0.2, 0.25) is 0 Å². The van der Waals surface area contributed by atoms with Gasteiger partial charge in [0.05, 0.1) is 66.9 Å². The molecule has 398 valence electrons. The molecule has 17 aromatic rings. The lowest BCUT2D eigenvalue weighted by Gasteiger charge is -2.27. The Hall–Kier alpha value is -12.0. The van der Waals surface area contributed by atoms with Crippen LogP contribution in [0.2, 0.25) is 0 Å². The smallest absolute Gasteiger partial charge is 0.104 e. The molecule has 4 heterocycles. The van der Waals surface area contributed by atoms with E-state index in [1.807, 2.05) is 12.1 Å². The average molecular weight is 1090 g/mol. The predicted octanol–water partition coefficient (Wildman–Crippen LogP) is 20.5. The largest absolute Gasteiger partial charge is 0.306 e. The molecular weight excluding hydrogens is 1040 g/mol. The van der Waals surface area contributed by atoms with Crippen LogP contribution in [0, 0.1) is 22.7 Å². The highest BCUT2D eigenvalue weighted by molar-refractivity contribution is 6.17. The first-order valence-corrected chi connectivity index (χ1v) is 29.0. The van der Waals surface area contributed by atoms with Crippen molar-refractivity contribution in [3.05, 3.63) is 302 Å². The van der Waals surface area contributed by atoms with Crippen LogP contribution in [0.1, 0.15) is 11.1 Å². The van der Waals surface area contributed by atoms with Gasteiger partial charge in [-0.05, 0) is 117 Å². The minimum absolute atomic E-state index is 0.349. The van der Waals surface area contributed by atoms with Crippen LogP contribution in [0.15, 0.2) is 291 Å². The number of benzene rings is 13. The molecule has 0 aliphatic heterocycles. The van der Waals surface area contributed by atoms with Gasteiger partial charge in [0.15, 0.2) is 0 Å². The maximum Gasteiger partial charge on any atom is 0.104 e. The first-order chi connectivity index (χ1) is 42.6. The summed E-state index contributed by atoms with van der Waals surface area (Å²) in [7, 11) is 0. The summed E-state index contributed by atoms with van der Waals surface area (Å²) >= 11 is 0. The Labute approximate surface area is 495 Å². The van der Waals surface area contributed by atoms with E-state index in [0.29, 0.717) is 33.9 Å². The third kappa shape index (κ3) is 7.24. The van der Waals surface area contributed by atoms with Crippen LogP contribution in [0.5, 0.6) is 0 Å². The maximum absolute atomic E-state index is 12.8. The fourth-order valence-electron chi connectivity index (χ4n) is 13.9. The molecule has 0 aliphatic rings. The van der Waals surface area contributed by atoms with E-state index >= 15 is 0 Å². The van der Waals surface area contributed by atoms with E-state index < -0.39 is 0 Å². The van der Waals surface area contributed by atoms with Crippen molar-refractivity contribution in [3.8, 4) is 79.4 Å². The Morgan fingerprint density at radius 1 is 0.186 bits per heavy atom. The molecule has 0 saturated carbocycles. The zero-order chi connectivity index (χ0) is 57.0. The van der Waals surface area contributed by atoms with E-state index in [2.05, 4.69) is 309 Å². The molecule has 0 fully saturated rings. The van der Waals surface area contributed by atoms with Crippen LogP contribution in [-0.4, -0.2) is 18.3 Å². The van der Waals surface area contributed by atoms with Crippen LogP contribution < -0.4 is 0 Å². The summed E-state index contributed by atoms with van der Waals surface area (Å²) in [5, 5.41) is 33.8. The van der Waals surface area contributed by atoms with Crippen molar-refractivity contribution in [1.29, 1.82) is 10.5 Å². The molecule has 0 amide bonds. The Kier molecular flexibility index (Phi) is 11.0. The predicted molar refractivity (Wildman–Crippen MR) is 355 cm³/mol. The summed E-state index contributed by atoms with van der Waals surface area (Å²) in [5.74, 6) is 0. The van der Waals surface area contributed by atoms with Crippen molar-refractivity contribution < 1.29 is 0 Å². The van der Waals surface area contributed by atoms with Crippen LogP contribution in [0.25, 0.3) is 154 Å². The number of nitriles is 2. The molecule has 6 heteroatoms.